The maximum atomic E-state index is 11.8. The minimum atomic E-state index is -0.0162. The molecule has 1 N–H and O–H groups in total. The van der Waals surface area contributed by atoms with Gasteiger partial charge >= 0.3 is 0 Å². The van der Waals surface area contributed by atoms with Gasteiger partial charge in [0.1, 0.15) is 0 Å². The molecular weight excluding hydrogens is 278 g/mol. The van der Waals surface area contributed by atoms with Gasteiger partial charge in [-0.15, -0.1) is 0 Å². The smallest absolute Gasteiger partial charge is 0.222 e. The molecule has 0 saturated heterocycles. The van der Waals surface area contributed by atoms with Crippen molar-refractivity contribution < 1.29 is 4.79 Å². The molecule has 0 radical (unpaired) electrons. The summed E-state index contributed by atoms with van der Waals surface area (Å²) in [7, 11) is 1.85. The van der Waals surface area contributed by atoms with Crippen molar-refractivity contribution >= 4 is 17.5 Å². The number of hydrogen-bond donors (Lipinski definition) is 1. The van der Waals surface area contributed by atoms with Crippen LogP contribution in [-0.4, -0.2) is 25.5 Å². The van der Waals surface area contributed by atoms with Crippen molar-refractivity contribution in [2.75, 3.05) is 0 Å². The molecule has 0 atom stereocenters. The Kier molecular flexibility index (Phi) is 4.44. The molecule has 20 heavy (non-hydrogen) atoms. The van der Waals surface area contributed by atoms with Gasteiger partial charge in [0.15, 0.2) is 0 Å². The summed E-state index contributed by atoms with van der Waals surface area (Å²) in [6, 6.07) is 0. The third kappa shape index (κ3) is 3.39. The first-order chi connectivity index (χ1) is 9.47. The summed E-state index contributed by atoms with van der Waals surface area (Å²) in [5.74, 6) is -0.0162. The summed E-state index contributed by atoms with van der Waals surface area (Å²) in [6.45, 7) is 4.77. The highest BCUT2D eigenvalue weighted by atomic mass is 35.5. The molecule has 2 rings (SSSR count). The Bertz CT molecular complexity index is 616. The van der Waals surface area contributed by atoms with E-state index >= 15 is 0 Å². The van der Waals surface area contributed by atoms with E-state index in [2.05, 4.69) is 15.5 Å². The molecule has 0 bridgehead atoms. The van der Waals surface area contributed by atoms with Crippen molar-refractivity contribution in [1.82, 2.24) is 24.9 Å². The molecule has 108 valence electrons. The van der Waals surface area contributed by atoms with E-state index in [4.69, 9.17) is 11.6 Å². The average molecular weight is 296 g/mol. The van der Waals surface area contributed by atoms with Crippen LogP contribution in [0.4, 0.5) is 0 Å². The second-order valence-corrected chi connectivity index (χ2v) is 5.13. The van der Waals surface area contributed by atoms with Crippen molar-refractivity contribution in [2.24, 2.45) is 7.05 Å². The van der Waals surface area contributed by atoms with Gasteiger partial charge in [0.2, 0.25) is 5.91 Å². The van der Waals surface area contributed by atoms with Gasteiger partial charge in [-0.1, -0.05) is 11.6 Å². The van der Waals surface area contributed by atoms with Crippen LogP contribution in [0.2, 0.25) is 5.02 Å². The van der Waals surface area contributed by atoms with Gasteiger partial charge in [0, 0.05) is 31.8 Å². The largest absolute Gasteiger partial charge is 0.352 e. The molecule has 0 spiro atoms. The third-order valence-electron chi connectivity index (χ3n) is 3.09. The van der Waals surface area contributed by atoms with Gasteiger partial charge in [-0.3, -0.25) is 14.2 Å². The highest BCUT2D eigenvalue weighted by Crippen LogP contribution is 2.18. The number of rotatable bonds is 5. The summed E-state index contributed by atoms with van der Waals surface area (Å²) in [5.41, 5.74) is 2.67. The third-order valence-corrected chi connectivity index (χ3v) is 3.64. The molecule has 0 aliphatic rings. The molecule has 0 aromatic carbocycles. The summed E-state index contributed by atoms with van der Waals surface area (Å²) >= 11 is 6.06. The van der Waals surface area contributed by atoms with Crippen molar-refractivity contribution in [3.05, 3.63) is 34.4 Å². The van der Waals surface area contributed by atoms with E-state index in [0.717, 1.165) is 17.0 Å². The van der Waals surface area contributed by atoms with Crippen molar-refractivity contribution in [1.29, 1.82) is 0 Å². The van der Waals surface area contributed by atoms with E-state index in [9.17, 15) is 4.79 Å². The second-order valence-electron chi connectivity index (χ2n) is 4.76. The molecule has 0 aliphatic heterocycles. The topological polar surface area (TPSA) is 64.7 Å². The fourth-order valence-electron chi connectivity index (χ4n) is 1.95. The van der Waals surface area contributed by atoms with Gasteiger partial charge < -0.3 is 5.32 Å². The maximum absolute atomic E-state index is 11.8. The number of aryl methyl sites for hydroxylation is 3. The lowest BCUT2D eigenvalue weighted by Gasteiger charge is -2.05. The number of halogens is 1. The molecule has 0 aliphatic carbocycles. The first-order valence-corrected chi connectivity index (χ1v) is 6.79. The van der Waals surface area contributed by atoms with Gasteiger partial charge in [-0.05, 0) is 13.8 Å². The zero-order chi connectivity index (χ0) is 14.7. The maximum Gasteiger partial charge on any atom is 0.222 e. The molecule has 7 heteroatoms. The quantitative estimate of drug-likeness (QED) is 0.911. The van der Waals surface area contributed by atoms with Crippen LogP contribution in [0.3, 0.4) is 0 Å². The number of carbonyl (C=O) groups excluding carboxylic acids is 1. The molecular formula is C13H18ClN5O. The minimum absolute atomic E-state index is 0.0162. The van der Waals surface area contributed by atoms with Gasteiger partial charge in [0.05, 0.1) is 29.2 Å². The normalized spacial score (nSPS) is 10.8. The lowest BCUT2D eigenvalue weighted by Crippen LogP contribution is -2.24. The van der Waals surface area contributed by atoms with E-state index in [1.54, 1.807) is 15.6 Å². The summed E-state index contributed by atoms with van der Waals surface area (Å²) < 4.78 is 3.47. The number of carbonyl (C=O) groups is 1. The number of nitrogens with zero attached hydrogens (tertiary/aromatic N) is 4. The second kappa shape index (κ2) is 6.09. The fourth-order valence-corrected chi connectivity index (χ4v) is 2.09. The Hall–Kier alpha value is -1.82. The molecule has 2 aromatic heterocycles. The van der Waals surface area contributed by atoms with E-state index < -0.39 is 0 Å². The summed E-state index contributed by atoms with van der Waals surface area (Å²) in [6.07, 6.45) is 3.99. The zero-order valence-corrected chi connectivity index (χ0v) is 12.6. The molecule has 1 amide bonds. The van der Waals surface area contributed by atoms with Gasteiger partial charge in [-0.2, -0.15) is 10.2 Å². The first-order valence-electron chi connectivity index (χ1n) is 6.41. The number of nitrogens with one attached hydrogen (secondary N) is 1. The number of amides is 1. The first kappa shape index (κ1) is 14.6. The minimum Gasteiger partial charge on any atom is -0.352 e. The highest BCUT2D eigenvalue weighted by molar-refractivity contribution is 6.31. The summed E-state index contributed by atoms with van der Waals surface area (Å²) in [5, 5.41) is 11.9. The zero-order valence-electron chi connectivity index (χ0n) is 11.9. The molecule has 6 nitrogen and oxygen atoms in total. The fraction of sp³-hybridized carbons (Fsp3) is 0.462. The van der Waals surface area contributed by atoms with E-state index in [-0.39, 0.29) is 5.91 Å². The van der Waals surface area contributed by atoms with E-state index in [1.165, 1.54) is 0 Å². The van der Waals surface area contributed by atoms with E-state index in [1.807, 2.05) is 27.1 Å². The SMILES string of the molecule is Cc1nn(CCC(=O)NCc2cnn(C)c2)c(C)c1Cl. The lowest BCUT2D eigenvalue weighted by atomic mass is 10.3. The predicted molar refractivity (Wildman–Crippen MR) is 76.4 cm³/mol. The van der Waals surface area contributed by atoms with Crippen LogP contribution >= 0.6 is 11.6 Å². The Labute approximate surface area is 122 Å². The van der Waals surface area contributed by atoms with Crippen LogP contribution in [0.5, 0.6) is 0 Å². The van der Waals surface area contributed by atoms with Gasteiger partial charge in [0.25, 0.3) is 0 Å². The predicted octanol–water partition coefficient (Wildman–Crippen LogP) is 1.59. The van der Waals surface area contributed by atoms with Crippen molar-refractivity contribution in [3.8, 4) is 0 Å². The van der Waals surface area contributed by atoms with Crippen LogP contribution in [-0.2, 0) is 24.9 Å². The molecule has 2 aromatic rings. The lowest BCUT2D eigenvalue weighted by molar-refractivity contribution is -0.121. The van der Waals surface area contributed by atoms with Crippen LogP contribution in [0.25, 0.3) is 0 Å². The van der Waals surface area contributed by atoms with Crippen molar-refractivity contribution in [2.45, 2.75) is 33.4 Å². The van der Waals surface area contributed by atoms with Crippen LogP contribution in [0.1, 0.15) is 23.4 Å². The molecule has 0 unspecified atom stereocenters. The van der Waals surface area contributed by atoms with Gasteiger partial charge in [-0.25, -0.2) is 0 Å². The summed E-state index contributed by atoms with van der Waals surface area (Å²) in [4.78, 5) is 11.8. The number of aromatic nitrogens is 4. The number of hydrogen-bond acceptors (Lipinski definition) is 3. The van der Waals surface area contributed by atoms with Crippen molar-refractivity contribution in [3.63, 3.8) is 0 Å². The monoisotopic (exact) mass is 295 g/mol. The highest BCUT2D eigenvalue weighted by Gasteiger charge is 2.10. The average Bonchev–Trinajstić information content (AvgIpc) is 2.93. The Morgan fingerprint density at radius 1 is 1.45 bits per heavy atom. The standard InChI is InChI=1S/C13H18ClN5O/c1-9-13(14)10(2)19(17-9)5-4-12(20)15-6-11-7-16-18(3)8-11/h7-8H,4-6H2,1-3H3,(H,15,20). The molecule has 0 saturated carbocycles. The van der Waals surface area contributed by atoms with Crippen LogP contribution < -0.4 is 5.32 Å². The Morgan fingerprint density at radius 3 is 2.75 bits per heavy atom. The van der Waals surface area contributed by atoms with Crippen LogP contribution in [0.15, 0.2) is 12.4 Å². The molecule has 0 fully saturated rings. The van der Waals surface area contributed by atoms with Crippen LogP contribution in [0, 0.1) is 13.8 Å². The molecule has 2 heterocycles. The Balaban J connectivity index is 1.81. The Morgan fingerprint density at radius 2 is 2.20 bits per heavy atom. The van der Waals surface area contributed by atoms with E-state index in [0.29, 0.717) is 24.5 Å².